The molecule has 19 heavy (non-hydrogen) atoms. The Morgan fingerprint density at radius 3 is 2.53 bits per heavy atom. The third-order valence-electron chi connectivity index (χ3n) is 2.50. The van der Waals surface area contributed by atoms with E-state index in [4.69, 9.17) is 9.84 Å². The van der Waals surface area contributed by atoms with Gasteiger partial charge in [-0.15, -0.1) is 0 Å². The van der Waals surface area contributed by atoms with Gasteiger partial charge in [0.15, 0.2) is 0 Å². The van der Waals surface area contributed by atoms with E-state index >= 15 is 0 Å². The Hall–Kier alpha value is -1.76. The van der Waals surface area contributed by atoms with Gasteiger partial charge >= 0.3 is 5.97 Å². The number of aromatic carboxylic acids is 1. The highest BCUT2D eigenvalue weighted by atomic mass is 127. The predicted molar refractivity (Wildman–Crippen MR) is 78.6 cm³/mol. The topological polar surface area (TPSA) is 66.8 Å². The molecule has 0 bridgehead atoms. The zero-order chi connectivity index (χ0) is 13.8. The third kappa shape index (κ3) is 3.37. The number of aromatic hydroxyl groups is 1. The summed E-state index contributed by atoms with van der Waals surface area (Å²) in [6.07, 6.45) is 0. The van der Waals surface area contributed by atoms with Gasteiger partial charge in [0.25, 0.3) is 0 Å². The number of benzene rings is 2. The highest BCUT2D eigenvalue weighted by Crippen LogP contribution is 2.31. The molecule has 0 aromatic heterocycles. The minimum absolute atomic E-state index is 0.000905. The van der Waals surface area contributed by atoms with Gasteiger partial charge in [-0.3, -0.25) is 0 Å². The molecule has 0 radical (unpaired) electrons. The molecule has 0 aliphatic heterocycles. The summed E-state index contributed by atoms with van der Waals surface area (Å²) in [5, 5.41) is 18.6. The Balaban J connectivity index is 2.22. The zero-order valence-corrected chi connectivity index (χ0v) is 12.0. The number of hydrogen-bond donors (Lipinski definition) is 2. The van der Waals surface area contributed by atoms with Crippen LogP contribution in [0.5, 0.6) is 11.5 Å². The lowest BCUT2D eigenvalue weighted by Gasteiger charge is -2.10. The number of phenols is 1. The summed E-state index contributed by atoms with van der Waals surface area (Å²) >= 11 is 1.92. The number of carboxylic acids is 1. The van der Waals surface area contributed by atoms with Crippen LogP contribution in [0.1, 0.15) is 15.9 Å². The van der Waals surface area contributed by atoms with Crippen LogP contribution in [0, 0.1) is 3.57 Å². The van der Waals surface area contributed by atoms with E-state index in [0.29, 0.717) is 15.9 Å². The fraction of sp³-hybridized carbons (Fsp3) is 0.0714. The monoisotopic (exact) mass is 370 g/mol. The maximum absolute atomic E-state index is 10.9. The first kappa shape index (κ1) is 13.7. The highest BCUT2D eigenvalue weighted by molar-refractivity contribution is 14.1. The van der Waals surface area contributed by atoms with Gasteiger partial charge in [-0.05, 0) is 40.3 Å². The van der Waals surface area contributed by atoms with Crippen LogP contribution >= 0.6 is 22.6 Å². The van der Waals surface area contributed by atoms with Gasteiger partial charge in [0.2, 0.25) is 0 Å². The van der Waals surface area contributed by atoms with Crippen LogP contribution in [0.15, 0.2) is 42.5 Å². The second-order valence-electron chi connectivity index (χ2n) is 3.89. The van der Waals surface area contributed by atoms with E-state index in [-0.39, 0.29) is 11.3 Å². The summed E-state index contributed by atoms with van der Waals surface area (Å²) in [7, 11) is 0. The Morgan fingerprint density at radius 1 is 1.21 bits per heavy atom. The van der Waals surface area contributed by atoms with Crippen molar-refractivity contribution < 1.29 is 19.7 Å². The quantitative estimate of drug-likeness (QED) is 0.811. The van der Waals surface area contributed by atoms with Gasteiger partial charge in [0.05, 0.1) is 9.13 Å². The summed E-state index contributed by atoms with van der Waals surface area (Å²) in [5.41, 5.74) is 0.972. The summed E-state index contributed by atoms with van der Waals surface area (Å²) in [4.78, 5) is 10.9. The van der Waals surface area contributed by atoms with Crippen molar-refractivity contribution in [2.75, 3.05) is 0 Å². The fourth-order valence-corrected chi connectivity index (χ4v) is 2.01. The second kappa shape index (κ2) is 5.92. The molecule has 0 aliphatic carbocycles. The van der Waals surface area contributed by atoms with Crippen LogP contribution in [0.4, 0.5) is 0 Å². The molecule has 2 aromatic rings. The number of ether oxygens (including phenoxy) is 1. The molecular formula is C14H11IO4. The summed E-state index contributed by atoms with van der Waals surface area (Å²) in [5.74, 6) is -0.832. The van der Waals surface area contributed by atoms with E-state index < -0.39 is 5.97 Å². The minimum atomic E-state index is -1.10. The van der Waals surface area contributed by atoms with Crippen LogP contribution in [-0.2, 0) is 6.61 Å². The maximum Gasteiger partial charge on any atom is 0.335 e. The number of carboxylic acid groups (broad SMARTS) is 1. The van der Waals surface area contributed by atoms with Crippen LogP contribution in [-0.4, -0.2) is 16.2 Å². The van der Waals surface area contributed by atoms with Crippen molar-refractivity contribution in [3.63, 3.8) is 0 Å². The van der Waals surface area contributed by atoms with E-state index in [2.05, 4.69) is 0 Å². The third-order valence-corrected chi connectivity index (χ3v) is 3.59. The van der Waals surface area contributed by atoms with E-state index in [1.807, 2.05) is 52.9 Å². The molecule has 0 spiro atoms. The largest absolute Gasteiger partial charge is 0.507 e. The molecule has 2 rings (SSSR count). The molecule has 0 amide bonds. The van der Waals surface area contributed by atoms with Crippen LogP contribution < -0.4 is 4.74 Å². The lowest BCUT2D eigenvalue weighted by molar-refractivity contribution is 0.0695. The number of rotatable bonds is 4. The van der Waals surface area contributed by atoms with E-state index in [9.17, 15) is 9.90 Å². The summed E-state index contributed by atoms with van der Waals surface area (Å²) < 4.78 is 6.06. The Morgan fingerprint density at radius 2 is 1.89 bits per heavy atom. The van der Waals surface area contributed by atoms with Gasteiger partial charge in [-0.1, -0.05) is 30.3 Å². The molecule has 0 saturated heterocycles. The molecular weight excluding hydrogens is 359 g/mol. The molecule has 0 aliphatic rings. The second-order valence-corrected chi connectivity index (χ2v) is 4.97. The van der Waals surface area contributed by atoms with E-state index in [0.717, 1.165) is 5.56 Å². The fourth-order valence-electron chi connectivity index (χ4n) is 1.55. The van der Waals surface area contributed by atoms with E-state index in [1.54, 1.807) is 0 Å². The standard InChI is InChI=1S/C14H11IO4/c15-13-11(16)6-10(14(17)18)7-12(13)19-8-9-4-2-1-3-5-9/h1-7,16H,8H2,(H,17,18). The average Bonchev–Trinajstić information content (AvgIpc) is 2.41. The average molecular weight is 370 g/mol. The first-order chi connectivity index (χ1) is 9.08. The van der Waals surface area contributed by atoms with Gasteiger partial charge < -0.3 is 14.9 Å². The first-order valence-corrected chi connectivity index (χ1v) is 6.58. The Labute approximate surface area is 123 Å². The van der Waals surface area contributed by atoms with Crippen molar-refractivity contribution in [1.29, 1.82) is 0 Å². The maximum atomic E-state index is 10.9. The summed E-state index contributed by atoms with van der Waals surface area (Å²) in [6, 6.07) is 12.1. The molecule has 0 unspecified atom stereocenters. The Kier molecular flexibility index (Phi) is 4.26. The van der Waals surface area contributed by atoms with Crippen molar-refractivity contribution in [2.24, 2.45) is 0 Å². The van der Waals surface area contributed by atoms with Crippen molar-refractivity contribution in [1.82, 2.24) is 0 Å². The lowest BCUT2D eigenvalue weighted by atomic mass is 10.2. The normalized spacial score (nSPS) is 10.2. The molecule has 4 nitrogen and oxygen atoms in total. The molecule has 5 heteroatoms. The van der Waals surface area contributed by atoms with Crippen molar-refractivity contribution in [2.45, 2.75) is 6.61 Å². The molecule has 2 N–H and O–H groups in total. The van der Waals surface area contributed by atoms with Gasteiger partial charge in [0, 0.05) is 0 Å². The number of carbonyl (C=O) groups is 1. The number of hydrogen-bond acceptors (Lipinski definition) is 3. The number of halogens is 1. The molecule has 98 valence electrons. The van der Waals surface area contributed by atoms with Crippen LogP contribution in [0.2, 0.25) is 0 Å². The zero-order valence-electron chi connectivity index (χ0n) is 9.84. The Bertz CT molecular complexity index is 596. The SMILES string of the molecule is O=C(O)c1cc(O)c(I)c(OCc2ccccc2)c1. The molecule has 0 heterocycles. The van der Waals surface area contributed by atoms with Crippen molar-refractivity contribution >= 4 is 28.6 Å². The predicted octanol–water partition coefficient (Wildman–Crippen LogP) is 3.27. The highest BCUT2D eigenvalue weighted by Gasteiger charge is 2.13. The summed E-state index contributed by atoms with van der Waals surface area (Å²) in [6.45, 7) is 0.319. The minimum Gasteiger partial charge on any atom is -0.507 e. The molecule has 0 atom stereocenters. The molecule has 0 fully saturated rings. The molecule has 2 aromatic carbocycles. The van der Waals surface area contributed by atoms with E-state index in [1.165, 1.54) is 12.1 Å². The number of phenolic OH excluding ortho intramolecular Hbond substituents is 1. The van der Waals surface area contributed by atoms with Crippen molar-refractivity contribution in [3.8, 4) is 11.5 Å². The molecule has 0 saturated carbocycles. The van der Waals surface area contributed by atoms with Gasteiger partial charge in [-0.25, -0.2) is 4.79 Å². The van der Waals surface area contributed by atoms with Gasteiger partial charge in [-0.2, -0.15) is 0 Å². The first-order valence-electron chi connectivity index (χ1n) is 5.50. The van der Waals surface area contributed by atoms with Crippen molar-refractivity contribution in [3.05, 3.63) is 57.2 Å². The smallest absolute Gasteiger partial charge is 0.335 e. The van der Waals surface area contributed by atoms with Crippen LogP contribution in [0.3, 0.4) is 0 Å². The van der Waals surface area contributed by atoms with Crippen LogP contribution in [0.25, 0.3) is 0 Å². The lowest BCUT2D eigenvalue weighted by Crippen LogP contribution is -2.01. The van der Waals surface area contributed by atoms with Gasteiger partial charge in [0.1, 0.15) is 18.1 Å².